The lowest BCUT2D eigenvalue weighted by Gasteiger charge is -2.35. The highest BCUT2D eigenvalue weighted by atomic mass is 16.3. The van der Waals surface area contributed by atoms with Crippen molar-refractivity contribution in [3.63, 3.8) is 0 Å². The second-order valence-corrected chi connectivity index (χ2v) is 12.8. The van der Waals surface area contributed by atoms with Gasteiger partial charge in [-0.25, -0.2) is 4.79 Å². The molecule has 1 saturated carbocycles. The Hall–Kier alpha value is -3.63. The number of nitrogens with one attached hydrogen (secondary N) is 2. The Kier molecular flexibility index (Phi) is 11.3. The Morgan fingerprint density at radius 2 is 1.67 bits per heavy atom. The number of hydrogen-bond acceptors (Lipinski definition) is 6. The smallest absolute Gasteiger partial charge is 0.317 e. The molecular formula is C35H50N6O4. The number of carbonyl (C=O) groups is 3. The number of hydrogen-bond donors (Lipinski definition) is 3. The molecule has 2 atom stereocenters. The second-order valence-electron chi connectivity index (χ2n) is 12.8. The summed E-state index contributed by atoms with van der Waals surface area (Å²) in [7, 11) is 2.10. The minimum Gasteiger partial charge on any atom is -0.389 e. The molecule has 3 N–H and O–H groups in total. The Labute approximate surface area is 267 Å². The molecule has 3 aliphatic rings. The Morgan fingerprint density at radius 1 is 0.956 bits per heavy atom. The number of piperazine rings is 1. The number of nitrogens with zero attached hydrogens (tertiary/aromatic N) is 4. The van der Waals surface area contributed by atoms with Crippen molar-refractivity contribution in [2.45, 2.75) is 76.5 Å². The van der Waals surface area contributed by atoms with Gasteiger partial charge in [-0.15, -0.1) is 0 Å². The average Bonchev–Trinajstić information content (AvgIpc) is 3.49. The SMILES string of the molecule is CCN(C[C@H](O)[C@H](Cc1ccccc1)NC(=O)c1cc(N2CCN(C)CC2)cc(N2CCCC2=O)c1)C(=O)NC1CCCCC1. The van der Waals surface area contributed by atoms with Crippen LogP contribution in [0, 0.1) is 0 Å². The highest BCUT2D eigenvalue weighted by Gasteiger charge is 2.29. The maximum Gasteiger partial charge on any atom is 0.317 e. The molecule has 10 nitrogen and oxygen atoms in total. The zero-order valence-electron chi connectivity index (χ0n) is 26.9. The quantitative estimate of drug-likeness (QED) is 0.355. The largest absolute Gasteiger partial charge is 0.389 e. The minimum atomic E-state index is -0.994. The third kappa shape index (κ3) is 8.76. The summed E-state index contributed by atoms with van der Waals surface area (Å²) in [5.74, 6) is -0.242. The summed E-state index contributed by atoms with van der Waals surface area (Å²) in [6.45, 7) is 6.59. The lowest BCUT2D eigenvalue weighted by molar-refractivity contribution is -0.117. The van der Waals surface area contributed by atoms with E-state index in [-0.39, 0.29) is 30.4 Å². The van der Waals surface area contributed by atoms with E-state index in [4.69, 9.17) is 0 Å². The lowest BCUT2D eigenvalue weighted by Crippen LogP contribution is -2.53. The second kappa shape index (κ2) is 15.6. The van der Waals surface area contributed by atoms with E-state index in [2.05, 4.69) is 27.5 Å². The predicted octanol–water partition coefficient (Wildman–Crippen LogP) is 3.63. The predicted molar refractivity (Wildman–Crippen MR) is 178 cm³/mol. The van der Waals surface area contributed by atoms with Crippen molar-refractivity contribution in [3.8, 4) is 0 Å². The summed E-state index contributed by atoms with van der Waals surface area (Å²) < 4.78 is 0. The first-order valence-electron chi connectivity index (χ1n) is 16.8. The van der Waals surface area contributed by atoms with E-state index in [9.17, 15) is 19.5 Å². The van der Waals surface area contributed by atoms with Crippen molar-refractivity contribution in [1.29, 1.82) is 0 Å². The Balaban J connectivity index is 1.36. The van der Waals surface area contributed by atoms with Crippen LogP contribution in [0.2, 0.25) is 0 Å². The molecule has 4 amide bonds. The lowest BCUT2D eigenvalue weighted by atomic mass is 9.96. The third-order valence-electron chi connectivity index (χ3n) is 9.51. The van der Waals surface area contributed by atoms with Crippen LogP contribution in [0.3, 0.4) is 0 Å². The molecule has 2 aromatic rings. The molecule has 0 aromatic heterocycles. The summed E-state index contributed by atoms with van der Waals surface area (Å²) in [4.78, 5) is 47.8. The van der Waals surface area contributed by atoms with Crippen LogP contribution < -0.4 is 20.4 Å². The van der Waals surface area contributed by atoms with Crippen LogP contribution in [0.4, 0.5) is 16.2 Å². The maximum absolute atomic E-state index is 14.0. The molecule has 0 bridgehead atoms. The topological polar surface area (TPSA) is 108 Å². The summed E-state index contributed by atoms with van der Waals surface area (Å²) in [5.41, 5.74) is 3.08. The number of anilines is 2. The number of aliphatic hydroxyl groups excluding tert-OH is 1. The monoisotopic (exact) mass is 618 g/mol. The minimum absolute atomic E-state index is 0.0698. The van der Waals surface area contributed by atoms with Gasteiger partial charge in [0.1, 0.15) is 0 Å². The van der Waals surface area contributed by atoms with Crippen molar-refractivity contribution in [3.05, 3.63) is 59.7 Å². The van der Waals surface area contributed by atoms with Gasteiger partial charge < -0.3 is 35.3 Å². The number of urea groups is 1. The molecule has 2 aliphatic heterocycles. The van der Waals surface area contributed by atoms with Gasteiger partial charge in [-0.05, 0) is 63.4 Å². The van der Waals surface area contributed by atoms with Gasteiger partial charge >= 0.3 is 6.03 Å². The first kappa shape index (κ1) is 32.8. The van der Waals surface area contributed by atoms with Crippen LogP contribution in [0.25, 0.3) is 0 Å². The molecule has 45 heavy (non-hydrogen) atoms. The van der Waals surface area contributed by atoms with Crippen LogP contribution in [0.15, 0.2) is 48.5 Å². The molecule has 0 radical (unpaired) electrons. The van der Waals surface area contributed by atoms with Crippen LogP contribution in [0.1, 0.15) is 67.8 Å². The van der Waals surface area contributed by atoms with Crippen molar-refractivity contribution < 1.29 is 19.5 Å². The van der Waals surface area contributed by atoms with E-state index < -0.39 is 12.1 Å². The number of amides is 4. The zero-order valence-corrected chi connectivity index (χ0v) is 26.9. The normalized spacial score (nSPS) is 19.3. The van der Waals surface area contributed by atoms with Gasteiger partial charge in [0.05, 0.1) is 18.7 Å². The summed E-state index contributed by atoms with van der Waals surface area (Å²) in [6.07, 6.45) is 6.13. The third-order valence-corrected chi connectivity index (χ3v) is 9.51. The van der Waals surface area contributed by atoms with Crippen molar-refractivity contribution in [2.24, 2.45) is 0 Å². The average molecular weight is 619 g/mol. The number of carbonyl (C=O) groups excluding carboxylic acids is 3. The van der Waals surface area contributed by atoms with Crippen molar-refractivity contribution in [2.75, 3.05) is 62.7 Å². The van der Waals surface area contributed by atoms with E-state index in [0.717, 1.165) is 75.2 Å². The fourth-order valence-corrected chi connectivity index (χ4v) is 6.67. The van der Waals surface area contributed by atoms with E-state index in [1.807, 2.05) is 49.4 Å². The molecule has 5 rings (SSSR count). The number of aliphatic hydroxyl groups is 1. The van der Waals surface area contributed by atoms with Gasteiger partial charge in [0.15, 0.2) is 0 Å². The van der Waals surface area contributed by atoms with Crippen LogP contribution in [-0.2, 0) is 11.2 Å². The van der Waals surface area contributed by atoms with Gasteiger partial charge in [0, 0.05) is 68.7 Å². The zero-order chi connectivity index (χ0) is 31.8. The molecule has 1 aliphatic carbocycles. The molecule has 2 saturated heterocycles. The van der Waals surface area contributed by atoms with E-state index in [1.54, 1.807) is 15.9 Å². The van der Waals surface area contributed by atoms with Crippen molar-refractivity contribution >= 4 is 29.2 Å². The number of likely N-dealkylation sites (N-methyl/N-ethyl adjacent to an activating group) is 2. The number of benzene rings is 2. The summed E-state index contributed by atoms with van der Waals surface area (Å²) in [6, 6.07) is 14.8. The standard InChI is InChI=1S/C35H50N6O4/c1-3-39(35(45)36-28-13-8-5-9-14-28)25-32(42)31(21-26-11-6-4-7-12-26)37-34(44)27-22-29(40-19-17-38(2)18-20-40)24-30(23-27)41-16-10-15-33(41)43/h4,6-7,11-12,22-24,28,31-32,42H,3,5,8-10,13-21,25H2,1-2H3,(H,36,45)(H,37,44)/t31-,32-/m0/s1. The van der Waals surface area contributed by atoms with Crippen LogP contribution in [-0.4, -0.2) is 104 Å². The van der Waals surface area contributed by atoms with Gasteiger partial charge in [0.2, 0.25) is 5.91 Å². The summed E-state index contributed by atoms with van der Waals surface area (Å²) >= 11 is 0. The molecule has 2 aromatic carbocycles. The molecule has 10 heteroatoms. The van der Waals surface area contributed by atoms with E-state index in [0.29, 0.717) is 31.5 Å². The molecule has 0 spiro atoms. The fourth-order valence-electron chi connectivity index (χ4n) is 6.67. The van der Waals surface area contributed by atoms with Crippen LogP contribution in [0.5, 0.6) is 0 Å². The Morgan fingerprint density at radius 3 is 2.33 bits per heavy atom. The first-order chi connectivity index (χ1) is 21.8. The van der Waals surface area contributed by atoms with Gasteiger partial charge in [-0.1, -0.05) is 49.6 Å². The maximum atomic E-state index is 14.0. The molecule has 2 heterocycles. The van der Waals surface area contributed by atoms with Crippen molar-refractivity contribution in [1.82, 2.24) is 20.4 Å². The van der Waals surface area contributed by atoms with Gasteiger partial charge in [0.25, 0.3) is 5.91 Å². The summed E-state index contributed by atoms with van der Waals surface area (Å²) in [5, 5.41) is 17.8. The van der Waals surface area contributed by atoms with Gasteiger partial charge in [-0.2, -0.15) is 0 Å². The first-order valence-corrected chi connectivity index (χ1v) is 16.8. The highest BCUT2D eigenvalue weighted by Crippen LogP contribution is 2.29. The fraction of sp³-hybridized carbons (Fsp3) is 0.571. The highest BCUT2D eigenvalue weighted by molar-refractivity contribution is 6.00. The molecule has 244 valence electrons. The molecule has 0 unspecified atom stereocenters. The van der Waals surface area contributed by atoms with E-state index in [1.165, 1.54) is 6.42 Å². The molecule has 3 fully saturated rings. The molecular weight excluding hydrogens is 568 g/mol. The number of rotatable bonds is 11. The van der Waals surface area contributed by atoms with Gasteiger partial charge in [-0.3, -0.25) is 9.59 Å². The van der Waals surface area contributed by atoms with E-state index >= 15 is 0 Å². The Bertz CT molecular complexity index is 1290. The van der Waals surface area contributed by atoms with Crippen LogP contribution >= 0.6 is 0 Å².